The molecule has 1 heterocycles. The summed E-state index contributed by atoms with van der Waals surface area (Å²) in [7, 11) is 1.28. The lowest BCUT2D eigenvalue weighted by Gasteiger charge is -2.06. The number of hydrogen-bond acceptors (Lipinski definition) is 7. The number of carbonyl (C=O) groups excluding carboxylic acids is 2. The van der Waals surface area contributed by atoms with Crippen LogP contribution >= 0.6 is 22.9 Å². The molecule has 0 radical (unpaired) electrons. The molecular weight excluding hydrogens is 318 g/mol. The van der Waals surface area contributed by atoms with Gasteiger partial charge in [-0.1, -0.05) is 11.3 Å². The fourth-order valence-electron chi connectivity index (χ4n) is 1.32. The van der Waals surface area contributed by atoms with Crippen LogP contribution < -0.4 is 10.1 Å². The van der Waals surface area contributed by atoms with E-state index in [1.807, 2.05) is 0 Å². The number of nitrogens with zero attached hydrogens (tertiary/aromatic N) is 2. The molecule has 7 nitrogen and oxygen atoms in total. The van der Waals surface area contributed by atoms with E-state index in [0.717, 1.165) is 11.3 Å². The van der Waals surface area contributed by atoms with Crippen LogP contribution in [0.5, 0.6) is 5.75 Å². The number of halogens is 1. The van der Waals surface area contributed by atoms with Gasteiger partial charge in [0.15, 0.2) is 6.61 Å². The van der Waals surface area contributed by atoms with Gasteiger partial charge < -0.3 is 14.8 Å². The van der Waals surface area contributed by atoms with E-state index in [1.165, 1.54) is 7.11 Å². The highest BCUT2D eigenvalue weighted by molar-refractivity contribution is 7.17. The molecule has 0 saturated heterocycles. The molecule has 1 amide bonds. The summed E-state index contributed by atoms with van der Waals surface area (Å²) in [5, 5.41) is 10.00. The van der Waals surface area contributed by atoms with Crippen molar-refractivity contribution < 1.29 is 19.1 Å². The maximum Gasteiger partial charge on any atom is 0.343 e. The SMILES string of the molecule is COC(=O)COc1ccc(NC(=O)c2nnc(Cl)s2)cc1. The molecule has 0 unspecified atom stereocenters. The fraction of sp³-hybridized carbons (Fsp3) is 0.167. The zero-order valence-corrected chi connectivity index (χ0v) is 12.4. The first-order chi connectivity index (χ1) is 10.1. The lowest BCUT2D eigenvalue weighted by Crippen LogP contribution is -2.13. The van der Waals surface area contributed by atoms with Crippen LogP contribution in [-0.2, 0) is 9.53 Å². The van der Waals surface area contributed by atoms with Crippen molar-refractivity contribution in [3.05, 3.63) is 33.7 Å². The summed E-state index contributed by atoms with van der Waals surface area (Å²) < 4.78 is 9.84. The van der Waals surface area contributed by atoms with Crippen LogP contribution in [0.4, 0.5) is 5.69 Å². The highest BCUT2D eigenvalue weighted by Crippen LogP contribution is 2.19. The molecule has 0 fully saturated rings. The number of anilines is 1. The molecule has 2 rings (SSSR count). The number of methoxy groups -OCH3 is 1. The Bertz CT molecular complexity index is 644. The quantitative estimate of drug-likeness (QED) is 0.845. The first-order valence-electron chi connectivity index (χ1n) is 5.68. The van der Waals surface area contributed by atoms with Crippen LogP contribution in [-0.4, -0.2) is 35.8 Å². The number of rotatable bonds is 5. The van der Waals surface area contributed by atoms with E-state index in [2.05, 4.69) is 20.3 Å². The monoisotopic (exact) mass is 327 g/mol. The molecule has 0 aliphatic heterocycles. The number of hydrogen-bond donors (Lipinski definition) is 1. The van der Waals surface area contributed by atoms with Gasteiger partial charge in [0.25, 0.3) is 5.91 Å². The molecule has 0 spiro atoms. The zero-order valence-electron chi connectivity index (χ0n) is 10.8. The van der Waals surface area contributed by atoms with Crippen molar-refractivity contribution in [1.82, 2.24) is 10.2 Å². The standard InChI is InChI=1S/C12H10ClN3O4S/c1-19-9(17)6-20-8-4-2-7(3-5-8)14-10(18)11-15-16-12(13)21-11/h2-5H,6H2,1H3,(H,14,18). The van der Waals surface area contributed by atoms with E-state index >= 15 is 0 Å². The van der Waals surface area contributed by atoms with E-state index in [9.17, 15) is 9.59 Å². The molecule has 1 aromatic carbocycles. The molecule has 21 heavy (non-hydrogen) atoms. The summed E-state index contributed by atoms with van der Waals surface area (Å²) in [5.41, 5.74) is 0.553. The lowest BCUT2D eigenvalue weighted by atomic mass is 10.3. The molecule has 0 aliphatic rings. The number of esters is 1. The van der Waals surface area contributed by atoms with Gasteiger partial charge in [-0.2, -0.15) is 0 Å². The molecule has 110 valence electrons. The molecule has 0 bridgehead atoms. The summed E-state index contributed by atoms with van der Waals surface area (Å²) in [4.78, 5) is 22.7. The van der Waals surface area contributed by atoms with Crippen molar-refractivity contribution >= 4 is 40.5 Å². The van der Waals surface area contributed by atoms with Gasteiger partial charge in [-0.05, 0) is 35.9 Å². The van der Waals surface area contributed by atoms with Crippen LogP contribution in [0.15, 0.2) is 24.3 Å². The lowest BCUT2D eigenvalue weighted by molar-refractivity contribution is -0.142. The predicted octanol–water partition coefficient (Wildman–Crippen LogP) is 2.00. The summed E-state index contributed by atoms with van der Waals surface area (Å²) in [6.45, 7) is -0.175. The van der Waals surface area contributed by atoms with Crippen LogP contribution in [0.3, 0.4) is 0 Å². The molecule has 1 aromatic heterocycles. The second-order valence-corrected chi connectivity index (χ2v) is 5.26. The second kappa shape index (κ2) is 7.00. The third kappa shape index (κ3) is 4.40. The van der Waals surface area contributed by atoms with Gasteiger partial charge in [0.05, 0.1) is 7.11 Å². The summed E-state index contributed by atoms with van der Waals surface area (Å²) in [5.74, 6) is -0.388. The van der Waals surface area contributed by atoms with Gasteiger partial charge in [-0.15, -0.1) is 10.2 Å². The fourth-order valence-corrected chi connectivity index (χ4v) is 2.04. The van der Waals surface area contributed by atoms with E-state index in [1.54, 1.807) is 24.3 Å². The number of aromatic nitrogens is 2. The molecule has 1 N–H and O–H groups in total. The third-order valence-corrected chi connectivity index (χ3v) is 3.31. The van der Waals surface area contributed by atoms with Gasteiger partial charge >= 0.3 is 5.97 Å². The normalized spacial score (nSPS) is 10.0. The highest BCUT2D eigenvalue weighted by atomic mass is 35.5. The molecular formula is C12H10ClN3O4S. The third-order valence-electron chi connectivity index (χ3n) is 2.29. The van der Waals surface area contributed by atoms with Crippen molar-refractivity contribution in [1.29, 1.82) is 0 Å². The number of carbonyl (C=O) groups is 2. The van der Waals surface area contributed by atoms with E-state index in [4.69, 9.17) is 16.3 Å². The maximum atomic E-state index is 11.8. The average molecular weight is 328 g/mol. The van der Waals surface area contributed by atoms with E-state index in [0.29, 0.717) is 11.4 Å². The summed E-state index contributed by atoms with van der Waals surface area (Å²) >= 11 is 6.60. The summed E-state index contributed by atoms with van der Waals surface area (Å²) in [6.07, 6.45) is 0. The molecule has 2 aromatic rings. The molecule has 9 heteroatoms. The molecule has 0 saturated carbocycles. The zero-order chi connectivity index (χ0) is 15.2. The largest absolute Gasteiger partial charge is 0.482 e. The Kier molecular flexibility index (Phi) is 5.07. The van der Waals surface area contributed by atoms with Crippen LogP contribution in [0.1, 0.15) is 9.80 Å². The van der Waals surface area contributed by atoms with Gasteiger partial charge in [0, 0.05) is 5.69 Å². The predicted molar refractivity (Wildman–Crippen MR) is 76.8 cm³/mol. The van der Waals surface area contributed by atoms with Crippen LogP contribution in [0.2, 0.25) is 4.47 Å². The Labute approximate surface area is 128 Å². The number of amides is 1. The summed E-state index contributed by atoms with van der Waals surface area (Å²) in [6, 6.07) is 6.50. The smallest absolute Gasteiger partial charge is 0.343 e. The minimum atomic E-state index is -0.472. The van der Waals surface area contributed by atoms with Crippen molar-refractivity contribution in [3.63, 3.8) is 0 Å². The van der Waals surface area contributed by atoms with Gasteiger partial charge in [0.1, 0.15) is 5.75 Å². The van der Waals surface area contributed by atoms with Gasteiger partial charge in [-0.3, -0.25) is 4.79 Å². The Morgan fingerprint density at radius 2 is 2.00 bits per heavy atom. The average Bonchev–Trinajstić information content (AvgIpc) is 2.93. The Morgan fingerprint density at radius 3 is 2.57 bits per heavy atom. The van der Waals surface area contributed by atoms with E-state index in [-0.39, 0.29) is 16.1 Å². The number of benzene rings is 1. The first-order valence-corrected chi connectivity index (χ1v) is 6.88. The van der Waals surface area contributed by atoms with Crippen LogP contribution in [0, 0.1) is 0 Å². The van der Waals surface area contributed by atoms with Gasteiger partial charge in [-0.25, -0.2) is 4.79 Å². The Hall–Kier alpha value is -2.19. The van der Waals surface area contributed by atoms with Crippen molar-refractivity contribution in [2.45, 2.75) is 0 Å². The first kappa shape index (κ1) is 15.2. The van der Waals surface area contributed by atoms with Crippen LogP contribution in [0.25, 0.3) is 0 Å². The topological polar surface area (TPSA) is 90.4 Å². The Morgan fingerprint density at radius 1 is 1.29 bits per heavy atom. The second-order valence-electron chi connectivity index (χ2n) is 3.70. The highest BCUT2D eigenvalue weighted by Gasteiger charge is 2.12. The van der Waals surface area contributed by atoms with E-state index < -0.39 is 11.9 Å². The Balaban J connectivity index is 1.93. The van der Waals surface area contributed by atoms with Crippen molar-refractivity contribution in [3.8, 4) is 5.75 Å². The van der Waals surface area contributed by atoms with Crippen molar-refractivity contribution in [2.24, 2.45) is 0 Å². The maximum absolute atomic E-state index is 11.8. The number of nitrogens with one attached hydrogen (secondary N) is 1. The van der Waals surface area contributed by atoms with Gasteiger partial charge in [0.2, 0.25) is 9.47 Å². The molecule has 0 atom stereocenters. The van der Waals surface area contributed by atoms with Crippen molar-refractivity contribution in [2.75, 3.05) is 19.0 Å². The minimum absolute atomic E-state index is 0.172. The number of ether oxygens (including phenoxy) is 2. The molecule has 0 aliphatic carbocycles. The minimum Gasteiger partial charge on any atom is -0.482 e.